The molecule has 2 aromatic heterocycles. The fourth-order valence-electron chi connectivity index (χ4n) is 4.02. The number of nitrogen functional groups attached to an aromatic ring is 1. The van der Waals surface area contributed by atoms with Crippen molar-refractivity contribution in [3.05, 3.63) is 105 Å². The van der Waals surface area contributed by atoms with E-state index in [9.17, 15) is 9.59 Å². The van der Waals surface area contributed by atoms with E-state index in [1.165, 1.54) is 0 Å². The Hall–Kier alpha value is -4.26. The number of aromatic amines is 1. The summed E-state index contributed by atoms with van der Waals surface area (Å²) in [6, 6.07) is 17.0. The van der Waals surface area contributed by atoms with E-state index in [1.807, 2.05) is 75.4 Å². The Labute approximate surface area is 204 Å². The monoisotopic (exact) mass is 468 g/mol. The molecule has 0 aliphatic carbocycles. The standard InChI is InChI=1S/C28H28N4O3/c1-17-13-18(2)32-27(34)25(17)11-12-26(33)21-9-7-20(8-10-21)19(3)35-24-6-4-5-22(14-24)23-15-30-28(29)31-16-23/h4-10,13-16,19H,11-12H2,1-3H3,(H,32,34)(H2,29,30,31). The second-order valence-corrected chi connectivity index (χ2v) is 8.61. The van der Waals surface area contributed by atoms with Gasteiger partial charge in [-0.25, -0.2) is 9.97 Å². The van der Waals surface area contributed by atoms with Crippen molar-refractivity contribution >= 4 is 11.7 Å². The van der Waals surface area contributed by atoms with E-state index in [2.05, 4.69) is 15.0 Å². The third kappa shape index (κ3) is 5.81. The molecule has 1 atom stereocenters. The minimum atomic E-state index is -0.217. The number of carbonyl (C=O) groups excluding carboxylic acids is 1. The Balaban J connectivity index is 1.39. The van der Waals surface area contributed by atoms with Gasteiger partial charge in [-0.1, -0.05) is 36.4 Å². The predicted octanol–water partition coefficient (Wildman–Crippen LogP) is 4.99. The zero-order valence-corrected chi connectivity index (χ0v) is 20.0. The number of rotatable bonds is 8. The Bertz CT molecular complexity index is 1390. The lowest BCUT2D eigenvalue weighted by Crippen LogP contribution is -2.17. The van der Waals surface area contributed by atoms with Crippen LogP contribution in [0.5, 0.6) is 5.75 Å². The van der Waals surface area contributed by atoms with Crippen molar-refractivity contribution in [2.45, 2.75) is 39.7 Å². The number of carbonyl (C=O) groups is 1. The molecule has 0 radical (unpaired) electrons. The van der Waals surface area contributed by atoms with Crippen LogP contribution in [0.15, 0.2) is 71.8 Å². The highest BCUT2D eigenvalue weighted by molar-refractivity contribution is 5.96. The van der Waals surface area contributed by atoms with Gasteiger partial charge in [-0.15, -0.1) is 0 Å². The van der Waals surface area contributed by atoms with Gasteiger partial charge in [0.25, 0.3) is 5.56 Å². The quantitative estimate of drug-likeness (QED) is 0.353. The van der Waals surface area contributed by atoms with Gasteiger partial charge in [0.15, 0.2) is 5.78 Å². The Morgan fingerprint density at radius 3 is 2.43 bits per heavy atom. The van der Waals surface area contributed by atoms with E-state index in [0.29, 0.717) is 23.3 Å². The van der Waals surface area contributed by atoms with E-state index in [1.54, 1.807) is 12.4 Å². The SMILES string of the molecule is Cc1cc(C)c(CCC(=O)c2ccc(C(C)Oc3cccc(-c4cnc(N)nc4)c3)cc2)c(=O)[nH]1. The molecule has 2 heterocycles. The summed E-state index contributed by atoms with van der Waals surface area (Å²) in [5, 5.41) is 0. The molecule has 0 amide bonds. The van der Waals surface area contributed by atoms with Crippen molar-refractivity contribution < 1.29 is 9.53 Å². The van der Waals surface area contributed by atoms with Gasteiger partial charge in [-0.05, 0) is 62.1 Å². The van der Waals surface area contributed by atoms with Crippen LogP contribution in [0.3, 0.4) is 0 Å². The van der Waals surface area contributed by atoms with Crippen LogP contribution in [0.2, 0.25) is 0 Å². The van der Waals surface area contributed by atoms with Gasteiger partial charge in [0, 0.05) is 41.2 Å². The molecule has 7 nitrogen and oxygen atoms in total. The van der Waals surface area contributed by atoms with Crippen LogP contribution in [0.4, 0.5) is 5.95 Å². The maximum absolute atomic E-state index is 12.7. The maximum atomic E-state index is 12.7. The molecule has 4 aromatic rings. The number of ether oxygens (including phenoxy) is 1. The number of aryl methyl sites for hydroxylation is 2. The molecule has 2 aromatic carbocycles. The van der Waals surface area contributed by atoms with Crippen molar-refractivity contribution in [3.8, 4) is 16.9 Å². The molecule has 0 bridgehead atoms. The Morgan fingerprint density at radius 1 is 1.03 bits per heavy atom. The molecule has 0 aliphatic heterocycles. The molecule has 3 N–H and O–H groups in total. The molecule has 35 heavy (non-hydrogen) atoms. The fraction of sp³-hybridized carbons (Fsp3) is 0.214. The number of aromatic nitrogens is 3. The number of nitrogens with two attached hydrogens (primary N) is 1. The Morgan fingerprint density at radius 2 is 1.74 bits per heavy atom. The first kappa shape index (κ1) is 23.9. The van der Waals surface area contributed by atoms with Crippen molar-refractivity contribution in [2.24, 2.45) is 0 Å². The van der Waals surface area contributed by atoms with Gasteiger partial charge in [0.05, 0.1) is 0 Å². The number of H-pyrrole nitrogens is 1. The smallest absolute Gasteiger partial charge is 0.251 e. The number of hydrogen-bond acceptors (Lipinski definition) is 6. The van der Waals surface area contributed by atoms with E-state index < -0.39 is 0 Å². The topological polar surface area (TPSA) is 111 Å². The number of ketones is 1. The fourth-order valence-corrected chi connectivity index (χ4v) is 4.02. The van der Waals surface area contributed by atoms with Crippen molar-refractivity contribution in [1.29, 1.82) is 0 Å². The molecule has 0 spiro atoms. The molecule has 0 aliphatic rings. The average molecular weight is 469 g/mol. The first-order valence-corrected chi connectivity index (χ1v) is 11.5. The number of hydrogen-bond donors (Lipinski definition) is 2. The molecule has 4 rings (SSSR count). The van der Waals surface area contributed by atoms with Crippen LogP contribution in [-0.4, -0.2) is 20.7 Å². The lowest BCUT2D eigenvalue weighted by atomic mass is 9.99. The number of anilines is 1. The van der Waals surface area contributed by atoms with Gasteiger partial charge in [-0.2, -0.15) is 0 Å². The number of nitrogens with one attached hydrogen (secondary N) is 1. The molecule has 7 heteroatoms. The summed E-state index contributed by atoms with van der Waals surface area (Å²) < 4.78 is 6.14. The van der Waals surface area contributed by atoms with Crippen LogP contribution in [0.1, 0.15) is 52.2 Å². The predicted molar refractivity (Wildman–Crippen MR) is 137 cm³/mol. The van der Waals surface area contributed by atoms with Crippen LogP contribution in [0.25, 0.3) is 11.1 Å². The highest BCUT2D eigenvalue weighted by Crippen LogP contribution is 2.27. The summed E-state index contributed by atoms with van der Waals surface area (Å²) in [5.41, 5.74) is 11.2. The summed E-state index contributed by atoms with van der Waals surface area (Å²) in [4.78, 5) is 35.8. The van der Waals surface area contributed by atoms with Gasteiger partial charge in [0.1, 0.15) is 11.9 Å². The van der Waals surface area contributed by atoms with Crippen molar-refractivity contribution in [3.63, 3.8) is 0 Å². The number of Topliss-reactive ketones (excluding diaryl/α,β-unsaturated/α-hetero) is 1. The summed E-state index contributed by atoms with van der Waals surface area (Å²) >= 11 is 0. The molecule has 1 unspecified atom stereocenters. The van der Waals surface area contributed by atoms with Gasteiger partial charge < -0.3 is 15.5 Å². The number of benzene rings is 2. The zero-order valence-electron chi connectivity index (χ0n) is 20.0. The normalized spacial score (nSPS) is 11.7. The molecular formula is C28H28N4O3. The second kappa shape index (κ2) is 10.3. The third-order valence-corrected chi connectivity index (χ3v) is 5.95. The lowest BCUT2D eigenvalue weighted by Gasteiger charge is -2.16. The van der Waals surface area contributed by atoms with Crippen LogP contribution >= 0.6 is 0 Å². The first-order valence-electron chi connectivity index (χ1n) is 11.5. The van der Waals surface area contributed by atoms with Crippen LogP contribution in [-0.2, 0) is 6.42 Å². The van der Waals surface area contributed by atoms with Crippen molar-refractivity contribution in [1.82, 2.24) is 15.0 Å². The summed E-state index contributed by atoms with van der Waals surface area (Å²) in [6.45, 7) is 5.71. The summed E-state index contributed by atoms with van der Waals surface area (Å²) in [7, 11) is 0. The van der Waals surface area contributed by atoms with Crippen LogP contribution < -0.4 is 16.0 Å². The number of pyridine rings is 1. The largest absolute Gasteiger partial charge is 0.486 e. The van der Waals surface area contributed by atoms with E-state index in [-0.39, 0.29) is 29.8 Å². The first-order chi connectivity index (χ1) is 16.8. The van der Waals surface area contributed by atoms with E-state index in [0.717, 1.165) is 27.9 Å². The molecule has 178 valence electrons. The average Bonchev–Trinajstić information content (AvgIpc) is 2.84. The second-order valence-electron chi connectivity index (χ2n) is 8.61. The third-order valence-electron chi connectivity index (χ3n) is 5.95. The molecule has 0 fully saturated rings. The van der Waals surface area contributed by atoms with Crippen LogP contribution in [0, 0.1) is 13.8 Å². The molecule has 0 saturated heterocycles. The minimum absolute atomic E-state index is 0.00270. The van der Waals surface area contributed by atoms with E-state index in [4.69, 9.17) is 10.5 Å². The molecular weight excluding hydrogens is 440 g/mol. The molecule has 0 saturated carbocycles. The van der Waals surface area contributed by atoms with E-state index >= 15 is 0 Å². The maximum Gasteiger partial charge on any atom is 0.251 e. The van der Waals surface area contributed by atoms with Gasteiger partial charge >= 0.3 is 0 Å². The summed E-state index contributed by atoms with van der Waals surface area (Å²) in [6.07, 6.45) is 3.83. The zero-order chi connectivity index (χ0) is 24.9. The lowest BCUT2D eigenvalue weighted by molar-refractivity contribution is 0.0982. The highest BCUT2D eigenvalue weighted by atomic mass is 16.5. The van der Waals surface area contributed by atoms with Gasteiger partial charge in [0.2, 0.25) is 5.95 Å². The highest BCUT2D eigenvalue weighted by Gasteiger charge is 2.13. The van der Waals surface area contributed by atoms with Crippen molar-refractivity contribution in [2.75, 3.05) is 5.73 Å². The Kier molecular flexibility index (Phi) is 7.06. The summed E-state index contributed by atoms with van der Waals surface area (Å²) in [5.74, 6) is 0.948. The van der Waals surface area contributed by atoms with Gasteiger partial charge in [-0.3, -0.25) is 9.59 Å². The number of nitrogens with zero attached hydrogens (tertiary/aromatic N) is 2. The minimum Gasteiger partial charge on any atom is -0.486 e.